The number of hydrogen-bond donors (Lipinski definition) is 1. The molecule has 0 bridgehead atoms. The summed E-state index contributed by atoms with van der Waals surface area (Å²) in [7, 11) is 0. The van der Waals surface area contributed by atoms with E-state index in [1.54, 1.807) is 0 Å². The Balaban J connectivity index is 1.84. The van der Waals surface area contributed by atoms with Crippen LogP contribution in [0.4, 0.5) is 0 Å². The minimum Gasteiger partial charge on any atom is -0.468 e. The lowest BCUT2D eigenvalue weighted by Gasteiger charge is -2.21. The van der Waals surface area contributed by atoms with Crippen LogP contribution < -0.4 is 5.32 Å². The molecule has 0 unspecified atom stereocenters. The minimum absolute atomic E-state index is 0.691. The van der Waals surface area contributed by atoms with Crippen molar-refractivity contribution in [2.45, 2.75) is 53.1 Å². The average molecular weight is 278 g/mol. The maximum absolute atomic E-state index is 5.72. The first-order chi connectivity index (χ1) is 9.69. The van der Waals surface area contributed by atoms with Gasteiger partial charge in [-0.25, -0.2) is 0 Å². The molecule has 1 fully saturated rings. The van der Waals surface area contributed by atoms with Crippen LogP contribution in [0, 0.1) is 11.8 Å². The smallest absolute Gasteiger partial charge is 0.122 e. The number of rotatable bonds is 10. The molecule has 0 aliphatic heterocycles. The van der Waals surface area contributed by atoms with Gasteiger partial charge in [-0.2, -0.15) is 0 Å². The molecule has 114 valence electrons. The molecule has 3 nitrogen and oxygen atoms in total. The van der Waals surface area contributed by atoms with E-state index in [1.165, 1.54) is 37.9 Å². The van der Waals surface area contributed by atoms with Crippen LogP contribution in [0.3, 0.4) is 0 Å². The highest BCUT2D eigenvalue weighted by Crippen LogP contribution is 2.30. The molecule has 2 rings (SSSR count). The second kappa shape index (κ2) is 7.84. The number of nitrogens with zero attached hydrogens (tertiary/aromatic N) is 1. The van der Waals surface area contributed by atoms with Crippen molar-refractivity contribution >= 4 is 0 Å². The van der Waals surface area contributed by atoms with E-state index in [4.69, 9.17) is 4.42 Å². The zero-order valence-electron chi connectivity index (χ0n) is 13.3. The molecule has 0 saturated heterocycles. The van der Waals surface area contributed by atoms with Gasteiger partial charge in [0.2, 0.25) is 0 Å². The van der Waals surface area contributed by atoms with Crippen molar-refractivity contribution in [1.29, 1.82) is 0 Å². The zero-order valence-corrected chi connectivity index (χ0v) is 13.3. The first kappa shape index (κ1) is 15.6. The van der Waals surface area contributed by atoms with Gasteiger partial charge in [0.1, 0.15) is 5.76 Å². The van der Waals surface area contributed by atoms with Crippen LogP contribution in [-0.4, -0.2) is 24.5 Å². The Bertz CT molecular complexity index is 382. The quantitative estimate of drug-likeness (QED) is 0.708. The summed E-state index contributed by atoms with van der Waals surface area (Å²) >= 11 is 0. The summed E-state index contributed by atoms with van der Waals surface area (Å²) in [5, 5.41) is 3.51. The molecule has 1 N–H and O–H groups in total. The van der Waals surface area contributed by atoms with Crippen LogP contribution in [0.5, 0.6) is 0 Å². The average Bonchev–Trinajstić information content (AvgIpc) is 3.10. The van der Waals surface area contributed by atoms with Crippen molar-refractivity contribution in [3.8, 4) is 0 Å². The van der Waals surface area contributed by atoms with Crippen LogP contribution in [-0.2, 0) is 13.1 Å². The van der Waals surface area contributed by atoms with E-state index < -0.39 is 0 Å². The van der Waals surface area contributed by atoms with Gasteiger partial charge < -0.3 is 9.73 Å². The molecule has 1 aromatic rings. The molecule has 0 spiro atoms. The molecule has 0 radical (unpaired) electrons. The zero-order chi connectivity index (χ0) is 14.4. The third-order valence-corrected chi connectivity index (χ3v) is 3.83. The lowest BCUT2D eigenvalue weighted by atomic mass is 10.2. The second-order valence-corrected chi connectivity index (χ2v) is 6.57. The van der Waals surface area contributed by atoms with Crippen molar-refractivity contribution in [2.75, 3.05) is 19.6 Å². The molecule has 0 atom stereocenters. The highest BCUT2D eigenvalue weighted by molar-refractivity contribution is 5.16. The molecule has 1 aromatic heterocycles. The maximum atomic E-state index is 5.72. The SMILES string of the molecule is CCCN(Cc1occc1CNCC(C)C)CC1CC1. The lowest BCUT2D eigenvalue weighted by molar-refractivity contribution is 0.233. The molecule has 1 aliphatic rings. The Hall–Kier alpha value is -0.800. The minimum atomic E-state index is 0.691. The Labute approximate surface area is 123 Å². The summed E-state index contributed by atoms with van der Waals surface area (Å²) in [6, 6.07) is 2.11. The molecule has 0 aromatic carbocycles. The van der Waals surface area contributed by atoms with Gasteiger partial charge in [0.15, 0.2) is 0 Å². The van der Waals surface area contributed by atoms with Crippen LogP contribution in [0.15, 0.2) is 16.7 Å². The van der Waals surface area contributed by atoms with Gasteiger partial charge in [-0.3, -0.25) is 4.90 Å². The third kappa shape index (κ3) is 5.29. The molecule has 20 heavy (non-hydrogen) atoms. The molecule has 1 aliphatic carbocycles. The van der Waals surface area contributed by atoms with Gasteiger partial charge in [0.25, 0.3) is 0 Å². The van der Waals surface area contributed by atoms with Crippen molar-refractivity contribution < 1.29 is 4.42 Å². The van der Waals surface area contributed by atoms with E-state index in [0.717, 1.165) is 31.3 Å². The van der Waals surface area contributed by atoms with Crippen LogP contribution >= 0.6 is 0 Å². The monoisotopic (exact) mass is 278 g/mol. The largest absolute Gasteiger partial charge is 0.468 e. The van der Waals surface area contributed by atoms with E-state index in [9.17, 15) is 0 Å². The van der Waals surface area contributed by atoms with E-state index in [-0.39, 0.29) is 0 Å². The number of nitrogens with one attached hydrogen (secondary N) is 1. The van der Waals surface area contributed by atoms with Crippen molar-refractivity contribution in [1.82, 2.24) is 10.2 Å². The first-order valence-electron chi connectivity index (χ1n) is 8.17. The lowest BCUT2D eigenvalue weighted by Crippen LogP contribution is -2.27. The fourth-order valence-electron chi connectivity index (χ4n) is 2.58. The molecule has 3 heteroatoms. The molecule has 1 saturated carbocycles. The number of hydrogen-bond acceptors (Lipinski definition) is 3. The highest BCUT2D eigenvalue weighted by atomic mass is 16.3. The van der Waals surface area contributed by atoms with Crippen LogP contribution in [0.1, 0.15) is 51.4 Å². The van der Waals surface area contributed by atoms with E-state index >= 15 is 0 Å². The summed E-state index contributed by atoms with van der Waals surface area (Å²) in [6.45, 7) is 12.1. The van der Waals surface area contributed by atoms with Gasteiger partial charge in [-0.15, -0.1) is 0 Å². The van der Waals surface area contributed by atoms with Gasteiger partial charge in [-0.05, 0) is 50.3 Å². The summed E-state index contributed by atoms with van der Waals surface area (Å²) in [5.74, 6) is 2.78. The van der Waals surface area contributed by atoms with Gasteiger partial charge in [-0.1, -0.05) is 20.8 Å². The first-order valence-corrected chi connectivity index (χ1v) is 8.17. The van der Waals surface area contributed by atoms with Gasteiger partial charge in [0, 0.05) is 18.7 Å². The summed E-state index contributed by atoms with van der Waals surface area (Å²) in [5.41, 5.74) is 1.32. The Morgan fingerprint density at radius 1 is 1.40 bits per heavy atom. The summed E-state index contributed by atoms with van der Waals surface area (Å²) < 4.78 is 5.72. The molecule has 1 heterocycles. The normalized spacial score (nSPS) is 15.4. The van der Waals surface area contributed by atoms with Gasteiger partial charge in [0.05, 0.1) is 12.8 Å². The molecular weight excluding hydrogens is 248 g/mol. The van der Waals surface area contributed by atoms with Crippen LogP contribution in [0.2, 0.25) is 0 Å². The second-order valence-electron chi connectivity index (χ2n) is 6.57. The summed E-state index contributed by atoms with van der Waals surface area (Å²) in [6.07, 6.45) is 5.89. The Morgan fingerprint density at radius 3 is 2.85 bits per heavy atom. The standard InChI is InChI=1S/C17H30N2O/c1-4-8-19(12-15-5-6-15)13-17-16(7-9-20-17)11-18-10-14(2)3/h7,9,14-15,18H,4-6,8,10-13H2,1-3H3. The Kier molecular flexibility index (Phi) is 6.11. The fraction of sp³-hybridized carbons (Fsp3) is 0.765. The van der Waals surface area contributed by atoms with Crippen molar-refractivity contribution in [3.63, 3.8) is 0 Å². The molecule has 0 amide bonds. The van der Waals surface area contributed by atoms with Crippen molar-refractivity contribution in [3.05, 3.63) is 23.7 Å². The van der Waals surface area contributed by atoms with E-state index in [1.807, 2.05) is 6.26 Å². The predicted octanol–water partition coefficient (Wildman–Crippen LogP) is 3.65. The van der Waals surface area contributed by atoms with E-state index in [0.29, 0.717) is 5.92 Å². The van der Waals surface area contributed by atoms with E-state index in [2.05, 4.69) is 37.1 Å². The highest BCUT2D eigenvalue weighted by Gasteiger charge is 2.24. The van der Waals surface area contributed by atoms with Crippen molar-refractivity contribution in [2.24, 2.45) is 11.8 Å². The van der Waals surface area contributed by atoms with Gasteiger partial charge >= 0.3 is 0 Å². The fourth-order valence-corrected chi connectivity index (χ4v) is 2.58. The predicted molar refractivity (Wildman–Crippen MR) is 83.5 cm³/mol. The summed E-state index contributed by atoms with van der Waals surface area (Å²) in [4.78, 5) is 2.56. The number of furan rings is 1. The molecular formula is C17H30N2O. The Morgan fingerprint density at radius 2 is 2.20 bits per heavy atom. The maximum Gasteiger partial charge on any atom is 0.122 e. The van der Waals surface area contributed by atoms with Crippen LogP contribution in [0.25, 0.3) is 0 Å². The topological polar surface area (TPSA) is 28.4 Å². The third-order valence-electron chi connectivity index (χ3n) is 3.83.